The molecular weight excluding hydrogens is 238 g/mol. The van der Waals surface area contributed by atoms with Crippen molar-refractivity contribution >= 4 is 0 Å². The predicted molar refractivity (Wildman–Crippen MR) is 75.9 cm³/mol. The van der Waals surface area contributed by atoms with Crippen LogP contribution in [0.5, 0.6) is 0 Å². The lowest BCUT2D eigenvalue weighted by atomic mass is 9.77. The molecule has 1 N–H and O–H groups in total. The first kappa shape index (κ1) is 14.5. The van der Waals surface area contributed by atoms with Crippen LogP contribution in [0.4, 0.5) is 0 Å². The molecule has 1 atom stereocenters. The third-order valence-electron chi connectivity index (χ3n) is 4.59. The van der Waals surface area contributed by atoms with Gasteiger partial charge >= 0.3 is 0 Å². The molecule has 0 aliphatic heterocycles. The second kappa shape index (κ2) is 6.51. The molecule has 4 nitrogen and oxygen atoms in total. The van der Waals surface area contributed by atoms with Crippen LogP contribution in [0.3, 0.4) is 0 Å². The van der Waals surface area contributed by atoms with Crippen molar-refractivity contribution in [2.75, 3.05) is 7.05 Å². The fourth-order valence-corrected chi connectivity index (χ4v) is 3.10. The lowest BCUT2D eigenvalue weighted by Crippen LogP contribution is -2.18. The molecule has 0 aromatic carbocycles. The fourth-order valence-electron chi connectivity index (χ4n) is 3.10. The second-order valence-electron chi connectivity index (χ2n) is 6.10. The van der Waals surface area contributed by atoms with Gasteiger partial charge in [-0.3, -0.25) is 0 Å². The third-order valence-corrected chi connectivity index (χ3v) is 4.59. The highest BCUT2D eigenvalue weighted by Gasteiger charge is 2.28. The van der Waals surface area contributed by atoms with Crippen molar-refractivity contribution in [3.8, 4) is 0 Å². The van der Waals surface area contributed by atoms with Crippen LogP contribution in [0, 0.1) is 11.8 Å². The van der Waals surface area contributed by atoms with Crippen LogP contribution in [0.1, 0.15) is 76.6 Å². The van der Waals surface area contributed by atoms with Gasteiger partial charge in [0, 0.05) is 5.92 Å². The number of nitrogens with zero attached hydrogens (tertiary/aromatic N) is 2. The van der Waals surface area contributed by atoms with Crippen LogP contribution < -0.4 is 5.32 Å². The molecule has 0 spiro atoms. The van der Waals surface area contributed by atoms with E-state index in [-0.39, 0.29) is 6.04 Å². The molecule has 4 heteroatoms. The van der Waals surface area contributed by atoms with Gasteiger partial charge in [-0.2, -0.15) is 4.98 Å². The third kappa shape index (κ3) is 3.35. The first-order valence-corrected chi connectivity index (χ1v) is 7.66. The standard InChI is InChI=1S/C15H27N3O/c1-5-13(16-4)15-17-14(18-19-15)12-8-6-11(7-9-12)10(2)3/h10-13,16H,5-9H2,1-4H3. The fraction of sp³-hybridized carbons (Fsp3) is 0.867. The summed E-state index contributed by atoms with van der Waals surface area (Å²) in [6.07, 6.45) is 5.99. The SMILES string of the molecule is CCC(NC)c1nc(C2CCC(C(C)C)CC2)no1. The van der Waals surface area contributed by atoms with E-state index in [2.05, 4.69) is 36.2 Å². The average Bonchev–Trinajstić information content (AvgIpc) is 2.90. The Morgan fingerprint density at radius 2 is 1.95 bits per heavy atom. The van der Waals surface area contributed by atoms with Gasteiger partial charge in [0.15, 0.2) is 5.82 Å². The Balaban J connectivity index is 1.96. The van der Waals surface area contributed by atoms with Crippen molar-refractivity contribution in [3.05, 3.63) is 11.7 Å². The summed E-state index contributed by atoms with van der Waals surface area (Å²) in [7, 11) is 1.94. The number of nitrogens with one attached hydrogen (secondary N) is 1. The minimum atomic E-state index is 0.188. The van der Waals surface area contributed by atoms with Gasteiger partial charge in [0.1, 0.15) is 0 Å². The van der Waals surface area contributed by atoms with Crippen molar-refractivity contribution in [1.82, 2.24) is 15.5 Å². The zero-order valence-corrected chi connectivity index (χ0v) is 12.6. The number of aromatic nitrogens is 2. The Bertz CT molecular complexity index is 376. The Hall–Kier alpha value is -0.900. The van der Waals surface area contributed by atoms with Crippen LogP contribution in [0.15, 0.2) is 4.52 Å². The molecule has 1 aliphatic carbocycles. The van der Waals surface area contributed by atoms with Gasteiger partial charge in [0.05, 0.1) is 6.04 Å². The van der Waals surface area contributed by atoms with E-state index in [1.54, 1.807) is 0 Å². The van der Waals surface area contributed by atoms with Crippen molar-refractivity contribution in [3.63, 3.8) is 0 Å². The number of hydrogen-bond donors (Lipinski definition) is 1. The summed E-state index contributed by atoms with van der Waals surface area (Å²) in [5, 5.41) is 7.41. The Morgan fingerprint density at radius 3 is 2.47 bits per heavy atom. The molecule has 0 bridgehead atoms. The molecule has 0 saturated heterocycles. The summed E-state index contributed by atoms with van der Waals surface area (Å²) < 4.78 is 5.41. The molecule has 1 unspecified atom stereocenters. The summed E-state index contributed by atoms with van der Waals surface area (Å²) in [4.78, 5) is 4.61. The van der Waals surface area contributed by atoms with Crippen LogP contribution >= 0.6 is 0 Å². The molecule has 2 rings (SSSR count). The van der Waals surface area contributed by atoms with E-state index in [0.717, 1.165) is 30.0 Å². The van der Waals surface area contributed by atoms with Crippen molar-refractivity contribution < 1.29 is 4.52 Å². The molecule has 1 saturated carbocycles. The predicted octanol–water partition coefficient (Wildman–Crippen LogP) is 3.67. The van der Waals surface area contributed by atoms with E-state index >= 15 is 0 Å². The van der Waals surface area contributed by atoms with Crippen LogP contribution in [-0.4, -0.2) is 17.2 Å². The topological polar surface area (TPSA) is 51.0 Å². The van der Waals surface area contributed by atoms with Gasteiger partial charge in [0.2, 0.25) is 5.89 Å². The summed E-state index contributed by atoms with van der Waals surface area (Å²) >= 11 is 0. The molecule has 108 valence electrons. The average molecular weight is 265 g/mol. The minimum Gasteiger partial charge on any atom is -0.338 e. The summed E-state index contributed by atoms with van der Waals surface area (Å²) in [6.45, 7) is 6.78. The van der Waals surface area contributed by atoms with Gasteiger partial charge < -0.3 is 9.84 Å². The van der Waals surface area contributed by atoms with Gasteiger partial charge in [-0.1, -0.05) is 25.9 Å². The lowest BCUT2D eigenvalue weighted by Gasteiger charge is -2.29. The second-order valence-corrected chi connectivity index (χ2v) is 6.10. The monoisotopic (exact) mass is 265 g/mol. The van der Waals surface area contributed by atoms with Gasteiger partial charge in [-0.25, -0.2) is 0 Å². The van der Waals surface area contributed by atoms with E-state index in [9.17, 15) is 0 Å². The maximum atomic E-state index is 5.41. The minimum absolute atomic E-state index is 0.188. The largest absolute Gasteiger partial charge is 0.338 e. The normalized spacial score (nSPS) is 25.7. The maximum Gasteiger partial charge on any atom is 0.243 e. The molecule has 1 aliphatic rings. The van der Waals surface area contributed by atoms with E-state index in [1.807, 2.05) is 7.05 Å². The van der Waals surface area contributed by atoms with E-state index in [0.29, 0.717) is 5.92 Å². The molecule has 1 aromatic rings. The van der Waals surface area contributed by atoms with Crippen molar-refractivity contribution in [2.45, 2.75) is 64.8 Å². The molecular formula is C15H27N3O. The molecule has 19 heavy (non-hydrogen) atoms. The van der Waals surface area contributed by atoms with Crippen LogP contribution in [-0.2, 0) is 0 Å². The smallest absolute Gasteiger partial charge is 0.243 e. The first-order valence-electron chi connectivity index (χ1n) is 7.66. The number of rotatable bonds is 5. The zero-order valence-electron chi connectivity index (χ0n) is 12.6. The van der Waals surface area contributed by atoms with Crippen LogP contribution in [0.2, 0.25) is 0 Å². The highest BCUT2D eigenvalue weighted by Crippen LogP contribution is 2.37. The van der Waals surface area contributed by atoms with Gasteiger partial charge in [-0.05, 0) is 51.0 Å². The Labute approximate surface area is 116 Å². The van der Waals surface area contributed by atoms with Gasteiger partial charge in [0.25, 0.3) is 0 Å². The summed E-state index contributed by atoms with van der Waals surface area (Å²) in [5.41, 5.74) is 0. The van der Waals surface area contributed by atoms with E-state index in [4.69, 9.17) is 4.52 Å². The maximum absolute atomic E-state index is 5.41. The summed E-state index contributed by atoms with van der Waals surface area (Å²) in [6, 6.07) is 0.188. The Morgan fingerprint density at radius 1 is 1.26 bits per heavy atom. The van der Waals surface area contributed by atoms with E-state index in [1.165, 1.54) is 25.7 Å². The quantitative estimate of drug-likeness (QED) is 0.882. The molecule has 1 heterocycles. The molecule has 0 radical (unpaired) electrons. The zero-order chi connectivity index (χ0) is 13.8. The molecule has 1 aromatic heterocycles. The molecule has 1 fully saturated rings. The lowest BCUT2D eigenvalue weighted by molar-refractivity contribution is 0.251. The highest BCUT2D eigenvalue weighted by atomic mass is 16.5. The van der Waals surface area contributed by atoms with Crippen LogP contribution in [0.25, 0.3) is 0 Å². The molecule has 0 amide bonds. The highest BCUT2D eigenvalue weighted by molar-refractivity contribution is 5.00. The van der Waals surface area contributed by atoms with Crippen molar-refractivity contribution in [1.29, 1.82) is 0 Å². The Kier molecular flexibility index (Phi) is 4.97. The van der Waals surface area contributed by atoms with E-state index < -0.39 is 0 Å². The van der Waals surface area contributed by atoms with Gasteiger partial charge in [-0.15, -0.1) is 0 Å². The summed E-state index contributed by atoms with van der Waals surface area (Å²) in [5.74, 6) is 3.85. The van der Waals surface area contributed by atoms with Crippen molar-refractivity contribution in [2.24, 2.45) is 11.8 Å². The first-order chi connectivity index (χ1) is 9.15. The number of hydrogen-bond acceptors (Lipinski definition) is 4.